The molecule has 1 aromatic carbocycles. The Hall–Kier alpha value is -1.31. The number of para-hydroxylation sites is 2. The molecule has 0 aliphatic heterocycles. The summed E-state index contributed by atoms with van der Waals surface area (Å²) in [6.07, 6.45) is 3.85. The van der Waals surface area contributed by atoms with E-state index in [-0.39, 0.29) is 0 Å². The van der Waals surface area contributed by atoms with Gasteiger partial charge in [0, 0.05) is 5.92 Å². The van der Waals surface area contributed by atoms with E-state index >= 15 is 0 Å². The van der Waals surface area contributed by atoms with Gasteiger partial charge in [-0.3, -0.25) is 0 Å². The van der Waals surface area contributed by atoms with E-state index in [1.54, 1.807) is 0 Å². The highest BCUT2D eigenvalue weighted by atomic mass is 14.9. The maximum absolute atomic E-state index is 4.78. The Kier molecular flexibility index (Phi) is 2.69. The Morgan fingerprint density at radius 2 is 2.00 bits per heavy atom. The Morgan fingerprint density at radius 1 is 1.22 bits per heavy atom. The van der Waals surface area contributed by atoms with Gasteiger partial charge in [-0.05, 0) is 42.7 Å². The molecule has 2 atom stereocenters. The predicted molar refractivity (Wildman–Crippen MR) is 75.6 cm³/mol. The van der Waals surface area contributed by atoms with E-state index < -0.39 is 0 Å². The maximum Gasteiger partial charge on any atom is 0.110 e. The number of fused-ring (bicyclic) bond motifs is 1. The Labute approximate surface area is 109 Å². The van der Waals surface area contributed by atoms with Crippen LogP contribution in [-0.2, 0) is 0 Å². The summed E-state index contributed by atoms with van der Waals surface area (Å²) in [5.74, 6) is 2.58. The zero-order valence-electron chi connectivity index (χ0n) is 11.5. The van der Waals surface area contributed by atoms with Crippen LogP contribution in [0.5, 0.6) is 0 Å². The molecule has 1 aromatic heterocycles. The van der Waals surface area contributed by atoms with Crippen LogP contribution in [-0.4, -0.2) is 9.97 Å². The van der Waals surface area contributed by atoms with E-state index in [0.29, 0.717) is 11.3 Å². The van der Waals surface area contributed by atoms with Crippen molar-refractivity contribution < 1.29 is 0 Å². The lowest BCUT2D eigenvalue weighted by atomic mass is 9.68. The third-order valence-corrected chi connectivity index (χ3v) is 4.18. The van der Waals surface area contributed by atoms with Gasteiger partial charge in [0.2, 0.25) is 0 Å². The summed E-state index contributed by atoms with van der Waals surface area (Å²) in [6, 6.07) is 8.33. The molecule has 2 nitrogen and oxygen atoms in total. The molecule has 0 amide bonds. The molecule has 1 fully saturated rings. The predicted octanol–water partition coefficient (Wildman–Crippen LogP) is 4.49. The fraction of sp³-hybridized carbons (Fsp3) is 0.562. The van der Waals surface area contributed by atoms with E-state index in [2.05, 4.69) is 50.0 Å². The summed E-state index contributed by atoms with van der Waals surface area (Å²) >= 11 is 0. The minimum absolute atomic E-state index is 0.446. The number of imidazole rings is 1. The number of aromatic amines is 1. The van der Waals surface area contributed by atoms with Crippen molar-refractivity contribution in [2.75, 3.05) is 0 Å². The normalized spacial score (nSPS) is 27.5. The fourth-order valence-electron chi connectivity index (χ4n) is 3.72. The van der Waals surface area contributed by atoms with Gasteiger partial charge in [0.1, 0.15) is 5.82 Å². The second-order valence-electron chi connectivity index (χ2n) is 6.75. The van der Waals surface area contributed by atoms with Gasteiger partial charge in [-0.15, -0.1) is 0 Å². The standard InChI is InChI=1S/C16H22N2/c1-11-8-12(10-16(2,3)9-11)15-17-13-6-4-5-7-14(13)18-15/h4-7,11-12H,8-10H2,1-3H3,(H,17,18)/t11-,12+/m0/s1. The molecular weight excluding hydrogens is 220 g/mol. The first-order valence-electron chi connectivity index (χ1n) is 6.98. The van der Waals surface area contributed by atoms with Gasteiger partial charge in [0.05, 0.1) is 11.0 Å². The minimum atomic E-state index is 0.446. The van der Waals surface area contributed by atoms with Gasteiger partial charge in [-0.25, -0.2) is 4.98 Å². The number of hydrogen-bond donors (Lipinski definition) is 1. The van der Waals surface area contributed by atoms with Crippen LogP contribution in [0.3, 0.4) is 0 Å². The van der Waals surface area contributed by atoms with Crippen molar-refractivity contribution in [3.63, 3.8) is 0 Å². The number of rotatable bonds is 1. The first kappa shape index (κ1) is 11.8. The molecule has 0 saturated heterocycles. The van der Waals surface area contributed by atoms with Crippen molar-refractivity contribution in [3.8, 4) is 0 Å². The molecule has 1 saturated carbocycles. The van der Waals surface area contributed by atoms with Gasteiger partial charge >= 0.3 is 0 Å². The molecule has 3 rings (SSSR count). The molecule has 0 unspecified atom stereocenters. The van der Waals surface area contributed by atoms with Crippen LogP contribution in [0.1, 0.15) is 51.8 Å². The van der Waals surface area contributed by atoms with E-state index in [9.17, 15) is 0 Å². The second kappa shape index (κ2) is 4.11. The summed E-state index contributed by atoms with van der Waals surface area (Å²) in [5.41, 5.74) is 2.72. The summed E-state index contributed by atoms with van der Waals surface area (Å²) in [5, 5.41) is 0. The molecule has 0 radical (unpaired) electrons. The van der Waals surface area contributed by atoms with Crippen molar-refractivity contribution in [1.29, 1.82) is 0 Å². The van der Waals surface area contributed by atoms with Crippen molar-refractivity contribution in [2.45, 2.75) is 46.0 Å². The topological polar surface area (TPSA) is 28.7 Å². The van der Waals surface area contributed by atoms with Crippen molar-refractivity contribution >= 4 is 11.0 Å². The van der Waals surface area contributed by atoms with Crippen LogP contribution in [0.25, 0.3) is 11.0 Å². The third kappa shape index (κ3) is 2.16. The largest absolute Gasteiger partial charge is 0.342 e. The van der Waals surface area contributed by atoms with E-state index in [4.69, 9.17) is 4.98 Å². The molecule has 18 heavy (non-hydrogen) atoms. The van der Waals surface area contributed by atoms with Crippen LogP contribution in [0.2, 0.25) is 0 Å². The van der Waals surface area contributed by atoms with Gasteiger partial charge in [0.25, 0.3) is 0 Å². The molecule has 1 heterocycles. The quantitative estimate of drug-likeness (QED) is 0.784. The van der Waals surface area contributed by atoms with Crippen LogP contribution in [0.15, 0.2) is 24.3 Å². The monoisotopic (exact) mass is 242 g/mol. The number of aromatic nitrogens is 2. The lowest BCUT2D eigenvalue weighted by molar-refractivity contribution is 0.165. The first-order chi connectivity index (χ1) is 8.53. The Balaban J connectivity index is 1.94. The third-order valence-electron chi connectivity index (χ3n) is 4.18. The van der Waals surface area contributed by atoms with Crippen LogP contribution >= 0.6 is 0 Å². The molecule has 96 valence electrons. The van der Waals surface area contributed by atoms with Crippen LogP contribution in [0, 0.1) is 11.3 Å². The van der Waals surface area contributed by atoms with Gasteiger partial charge in [-0.1, -0.05) is 32.9 Å². The number of hydrogen-bond acceptors (Lipinski definition) is 1. The lowest BCUT2D eigenvalue weighted by Crippen LogP contribution is -2.27. The number of nitrogens with zero attached hydrogens (tertiary/aromatic N) is 1. The SMILES string of the molecule is C[C@H]1C[C@@H](c2nc3ccccc3[nH]2)CC(C)(C)C1. The molecule has 1 N–H and O–H groups in total. The summed E-state index contributed by atoms with van der Waals surface area (Å²) in [4.78, 5) is 8.29. The summed E-state index contributed by atoms with van der Waals surface area (Å²) in [6.45, 7) is 7.15. The highest BCUT2D eigenvalue weighted by Crippen LogP contribution is 2.45. The van der Waals surface area contributed by atoms with E-state index in [1.165, 1.54) is 30.6 Å². The van der Waals surface area contributed by atoms with Gasteiger partial charge < -0.3 is 4.98 Å². The molecule has 2 heteroatoms. The molecule has 1 aliphatic rings. The minimum Gasteiger partial charge on any atom is -0.342 e. The van der Waals surface area contributed by atoms with Crippen molar-refractivity contribution in [1.82, 2.24) is 9.97 Å². The number of nitrogens with one attached hydrogen (secondary N) is 1. The molecule has 0 spiro atoms. The van der Waals surface area contributed by atoms with Crippen LogP contribution in [0.4, 0.5) is 0 Å². The highest BCUT2D eigenvalue weighted by Gasteiger charge is 2.34. The summed E-state index contributed by atoms with van der Waals surface area (Å²) < 4.78 is 0. The molecule has 2 aromatic rings. The molecule has 0 bridgehead atoms. The first-order valence-corrected chi connectivity index (χ1v) is 6.98. The molecule has 1 aliphatic carbocycles. The van der Waals surface area contributed by atoms with E-state index in [1.807, 2.05) is 0 Å². The second-order valence-corrected chi connectivity index (χ2v) is 6.75. The average Bonchev–Trinajstić information content (AvgIpc) is 2.69. The van der Waals surface area contributed by atoms with Crippen molar-refractivity contribution in [2.24, 2.45) is 11.3 Å². The highest BCUT2D eigenvalue weighted by molar-refractivity contribution is 5.74. The fourth-order valence-corrected chi connectivity index (χ4v) is 3.72. The Morgan fingerprint density at radius 3 is 2.72 bits per heavy atom. The van der Waals surface area contributed by atoms with Crippen LogP contribution < -0.4 is 0 Å². The molecular formula is C16H22N2. The summed E-state index contributed by atoms with van der Waals surface area (Å²) in [7, 11) is 0. The van der Waals surface area contributed by atoms with Gasteiger partial charge in [0.15, 0.2) is 0 Å². The van der Waals surface area contributed by atoms with Gasteiger partial charge in [-0.2, -0.15) is 0 Å². The maximum atomic E-state index is 4.78. The smallest absolute Gasteiger partial charge is 0.110 e. The van der Waals surface area contributed by atoms with Crippen molar-refractivity contribution in [3.05, 3.63) is 30.1 Å². The zero-order chi connectivity index (χ0) is 12.8. The average molecular weight is 242 g/mol. The Bertz CT molecular complexity index is 520. The number of benzene rings is 1. The number of H-pyrrole nitrogens is 1. The lowest BCUT2D eigenvalue weighted by Gasteiger charge is -2.38. The van der Waals surface area contributed by atoms with E-state index in [0.717, 1.165) is 11.4 Å². The zero-order valence-corrected chi connectivity index (χ0v) is 11.5.